The van der Waals surface area contributed by atoms with Crippen LogP contribution in [0.1, 0.15) is 13.8 Å². The predicted molar refractivity (Wildman–Crippen MR) is 204 cm³/mol. The SMILES string of the molecule is CC(=O)[O-].CC(=O)[O-].COc1cccc(P(c2ccccc2)c2ccccc2)c1-c1c(OC)cccc1P(c1ccccc1)c1ccccc1.[Ru+2]. The van der Waals surface area contributed by atoms with E-state index in [2.05, 4.69) is 158 Å². The Morgan fingerprint density at radius 3 is 0.882 bits per heavy atom. The fourth-order valence-electron chi connectivity index (χ4n) is 5.42. The van der Waals surface area contributed by atoms with Crippen LogP contribution in [0.2, 0.25) is 0 Å². The Hall–Kier alpha value is -4.66. The standard InChI is InChI=1S/C38H32O2P2.2C2H4O2.Ru/c1-39-33-25-15-27-35(41(29-17-7-3-8-18-29)30-19-9-4-10-20-30)37(33)38-34(40-2)26-16-28-36(38)42(31-21-11-5-12-22-31)32-23-13-6-14-24-32;2*1-2(3)4;/h3-28H,1-2H3;2*1H3,(H,3,4);/q;;;+2/p-2. The minimum Gasteiger partial charge on any atom is -0.550 e. The first-order chi connectivity index (χ1) is 24.3. The van der Waals surface area contributed by atoms with E-state index in [9.17, 15) is 0 Å². The molecule has 0 aliphatic carbocycles. The molecule has 260 valence electrons. The van der Waals surface area contributed by atoms with E-state index < -0.39 is 27.8 Å². The van der Waals surface area contributed by atoms with Crippen LogP contribution in [-0.2, 0) is 29.1 Å². The molecule has 6 rings (SSSR count). The summed E-state index contributed by atoms with van der Waals surface area (Å²) >= 11 is 0. The van der Waals surface area contributed by atoms with Gasteiger partial charge >= 0.3 is 19.5 Å². The Balaban J connectivity index is 0.000000709. The van der Waals surface area contributed by atoms with Crippen LogP contribution in [-0.4, -0.2) is 26.2 Å². The third-order valence-electron chi connectivity index (χ3n) is 7.24. The molecule has 0 atom stereocenters. The van der Waals surface area contributed by atoms with Crippen LogP contribution >= 0.6 is 15.8 Å². The molecule has 0 aliphatic rings. The number of rotatable bonds is 9. The van der Waals surface area contributed by atoms with Gasteiger partial charge in [0.15, 0.2) is 0 Å². The number of carbonyl (C=O) groups is 2. The molecule has 0 amide bonds. The number of hydrogen-bond donors (Lipinski definition) is 0. The van der Waals surface area contributed by atoms with Crippen molar-refractivity contribution in [2.75, 3.05) is 14.2 Å². The number of methoxy groups -OCH3 is 2. The van der Waals surface area contributed by atoms with Gasteiger partial charge in [0.25, 0.3) is 0 Å². The molecule has 0 N–H and O–H groups in total. The number of ether oxygens (including phenoxy) is 2. The zero-order chi connectivity index (χ0) is 35.9. The summed E-state index contributed by atoms with van der Waals surface area (Å²) in [5.74, 6) is -0.484. The quantitative estimate of drug-likeness (QED) is 0.159. The number of carboxylic acid groups (broad SMARTS) is 2. The van der Waals surface area contributed by atoms with Crippen LogP contribution in [0.25, 0.3) is 11.1 Å². The molecule has 0 unspecified atom stereocenters. The van der Waals surface area contributed by atoms with Gasteiger partial charge in [-0.05, 0) is 73.7 Å². The first kappa shape index (κ1) is 40.8. The maximum Gasteiger partial charge on any atom is 2.00 e. The maximum absolute atomic E-state index is 8.89. The molecular formula is C42H38O6P2Ru. The van der Waals surface area contributed by atoms with Gasteiger partial charge in [0.2, 0.25) is 0 Å². The molecule has 6 aromatic rings. The average Bonchev–Trinajstić information content (AvgIpc) is 3.13. The molecular weight excluding hydrogens is 763 g/mol. The van der Waals surface area contributed by atoms with Crippen molar-refractivity contribution >= 4 is 59.6 Å². The Bertz CT molecular complexity index is 1730. The molecule has 9 heteroatoms. The number of carboxylic acids is 2. The van der Waals surface area contributed by atoms with E-state index in [4.69, 9.17) is 29.3 Å². The summed E-state index contributed by atoms with van der Waals surface area (Å²) < 4.78 is 12.3. The van der Waals surface area contributed by atoms with Gasteiger partial charge in [0, 0.05) is 23.1 Å². The summed E-state index contributed by atoms with van der Waals surface area (Å²) in [7, 11) is 1.74. The van der Waals surface area contributed by atoms with Crippen LogP contribution in [0.4, 0.5) is 0 Å². The Kier molecular flexibility index (Phi) is 16.7. The summed E-state index contributed by atoms with van der Waals surface area (Å²) in [5, 5.41) is 25.4. The fraction of sp³-hybridized carbons (Fsp3) is 0.0952. The van der Waals surface area contributed by atoms with Crippen molar-refractivity contribution in [2.24, 2.45) is 0 Å². The first-order valence-electron chi connectivity index (χ1n) is 15.8. The first-order valence-corrected chi connectivity index (χ1v) is 18.4. The molecule has 0 aliphatic heterocycles. The van der Waals surface area contributed by atoms with Gasteiger partial charge in [-0.15, -0.1) is 0 Å². The van der Waals surface area contributed by atoms with Crippen LogP contribution in [0, 0.1) is 0 Å². The number of hydrogen-bond acceptors (Lipinski definition) is 6. The van der Waals surface area contributed by atoms with E-state index in [-0.39, 0.29) is 19.5 Å². The molecule has 0 fully saturated rings. The van der Waals surface area contributed by atoms with E-state index in [1.165, 1.54) is 31.8 Å². The van der Waals surface area contributed by atoms with E-state index in [1.54, 1.807) is 14.2 Å². The second-order valence-electron chi connectivity index (χ2n) is 10.7. The minimum absolute atomic E-state index is 0. The number of benzene rings is 6. The van der Waals surface area contributed by atoms with Crippen molar-refractivity contribution in [1.29, 1.82) is 0 Å². The van der Waals surface area contributed by atoms with Crippen molar-refractivity contribution in [1.82, 2.24) is 0 Å². The Morgan fingerprint density at radius 2 is 0.667 bits per heavy atom. The molecule has 0 saturated heterocycles. The van der Waals surface area contributed by atoms with Crippen molar-refractivity contribution in [3.8, 4) is 22.6 Å². The van der Waals surface area contributed by atoms with E-state index in [0.717, 1.165) is 36.5 Å². The molecule has 0 aromatic heterocycles. The Labute approximate surface area is 315 Å². The molecule has 0 radical (unpaired) electrons. The zero-order valence-corrected chi connectivity index (χ0v) is 32.2. The maximum atomic E-state index is 8.89. The van der Waals surface area contributed by atoms with E-state index in [0.29, 0.717) is 0 Å². The van der Waals surface area contributed by atoms with Crippen LogP contribution in [0.3, 0.4) is 0 Å². The second-order valence-corrected chi connectivity index (χ2v) is 15.1. The van der Waals surface area contributed by atoms with Crippen molar-refractivity contribution in [2.45, 2.75) is 13.8 Å². The summed E-state index contributed by atoms with van der Waals surface area (Å²) in [6.45, 7) is 1.94. The normalized spacial score (nSPS) is 10.1. The number of carbonyl (C=O) groups excluding carboxylic acids is 2. The van der Waals surface area contributed by atoms with Crippen LogP contribution in [0.5, 0.6) is 11.5 Å². The number of aliphatic carboxylic acids is 2. The molecule has 0 heterocycles. The average molecular weight is 802 g/mol. The zero-order valence-electron chi connectivity index (χ0n) is 28.7. The van der Waals surface area contributed by atoms with Gasteiger partial charge in [-0.25, -0.2) is 0 Å². The molecule has 6 aromatic carbocycles. The van der Waals surface area contributed by atoms with Gasteiger partial charge in [-0.1, -0.05) is 146 Å². The van der Waals surface area contributed by atoms with E-state index >= 15 is 0 Å². The summed E-state index contributed by atoms with van der Waals surface area (Å²) in [5.41, 5.74) is 2.18. The van der Waals surface area contributed by atoms with Gasteiger partial charge < -0.3 is 29.3 Å². The molecule has 51 heavy (non-hydrogen) atoms. The summed E-state index contributed by atoms with van der Waals surface area (Å²) in [6, 6.07) is 56.2. The Morgan fingerprint density at radius 1 is 0.431 bits per heavy atom. The predicted octanol–water partition coefficient (Wildman–Crippen LogP) is 4.40. The van der Waals surface area contributed by atoms with E-state index in [1.807, 2.05) is 0 Å². The van der Waals surface area contributed by atoms with Gasteiger partial charge in [-0.3, -0.25) is 0 Å². The smallest absolute Gasteiger partial charge is 0.550 e. The van der Waals surface area contributed by atoms with Gasteiger partial charge in [-0.2, -0.15) is 0 Å². The van der Waals surface area contributed by atoms with Gasteiger partial charge in [0.1, 0.15) is 11.5 Å². The van der Waals surface area contributed by atoms with Crippen LogP contribution in [0.15, 0.2) is 158 Å². The topological polar surface area (TPSA) is 98.7 Å². The summed E-state index contributed by atoms with van der Waals surface area (Å²) in [4.78, 5) is 17.8. The molecule has 0 bridgehead atoms. The van der Waals surface area contributed by atoms with Crippen molar-refractivity contribution in [3.05, 3.63) is 158 Å². The molecule has 6 nitrogen and oxygen atoms in total. The summed E-state index contributed by atoms with van der Waals surface area (Å²) in [6.07, 6.45) is 0. The largest absolute Gasteiger partial charge is 2.00 e. The monoisotopic (exact) mass is 802 g/mol. The molecule has 0 saturated carbocycles. The van der Waals surface area contributed by atoms with Crippen molar-refractivity contribution in [3.63, 3.8) is 0 Å². The molecule has 0 spiro atoms. The third-order valence-corrected chi connectivity index (χ3v) is 12.2. The fourth-order valence-corrected chi connectivity index (χ4v) is 10.4. The second kappa shape index (κ2) is 20.9. The van der Waals surface area contributed by atoms with Gasteiger partial charge in [0.05, 0.1) is 14.2 Å². The third kappa shape index (κ3) is 11.2. The van der Waals surface area contributed by atoms with Crippen LogP contribution < -0.4 is 51.5 Å². The van der Waals surface area contributed by atoms with Crippen molar-refractivity contribution < 1.29 is 48.8 Å². The minimum atomic E-state index is -1.08.